The van der Waals surface area contributed by atoms with Crippen molar-refractivity contribution < 1.29 is 13.2 Å². The van der Waals surface area contributed by atoms with Crippen molar-refractivity contribution in [2.24, 2.45) is 0 Å². The van der Waals surface area contributed by atoms with E-state index in [4.69, 9.17) is 0 Å². The van der Waals surface area contributed by atoms with Crippen LogP contribution in [-0.4, -0.2) is 82.6 Å². The third-order valence-electron chi connectivity index (χ3n) is 4.57. The second-order valence-electron chi connectivity index (χ2n) is 6.75. The molecule has 0 bridgehead atoms. The summed E-state index contributed by atoms with van der Waals surface area (Å²) < 4.78 is 24.7. The molecule has 1 aromatic carbocycles. The van der Waals surface area contributed by atoms with Crippen molar-refractivity contribution >= 4 is 21.6 Å². The molecule has 0 unspecified atom stereocenters. The fourth-order valence-corrected chi connectivity index (χ4v) is 3.93. The van der Waals surface area contributed by atoms with Gasteiger partial charge in [0.25, 0.3) is 0 Å². The van der Waals surface area contributed by atoms with Gasteiger partial charge in [-0.25, -0.2) is 12.7 Å². The SMILES string of the molecule is CN(CCCNC(=O)CN1CCCN(S(C)(=O)=O)CC1)c1ccccc1. The molecule has 0 radical (unpaired) electrons. The number of para-hydroxylation sites is 1. The van der Waals surface area contributed by atoms with Gasteiger partial charge in [0.05, 0.1) is 12.8 Å². The monoisotopic (exact) mass is 382 g/mol. The topological polar surface area (TPSA) is 73.0 Å². The Kier molecular flexibility index (Phi) is 7.86. The maximum Gasteiger partial charge on any atom is 0.234 e. The molecule has 146 valence electrons. The van der Waals surface area contributed by atoms with E-state index in [1.165, 1.54) is 16.2 Å². The number of nitrogens with zero attached hydrogens (tertiary/aromatic N) is 3. The summed E-state index contributed by atoms with van der Waals surface area (Å²) in [6.45, 7) is 4.16. The molecule has 2 rings (SSSR count). The van der Waals surface area contributed by atoms with Crippen LogP contribution in [0.2, 0.25) is 0 Å². The van der Waals surface area contributed by atoms with Crippen molar-refractivity contribution in [3.8, 4) is 0 Å². The molecule has 1 heterocycles. The molecule has 1 amide bonds. The summed E-state index contributed by atoms with van der Waals surface area (Å²) in [6.07, 6.45) is 2.86. The number of sulfonamides is 1. The lowest BCUT2D eigenvalue weighted by molar-refractivity contribution is -0.122. The van der Waals surface area contributed by atoms with Crippen LogP contribution in [0.5, 0.6) is 0 Å². The molecular weight excluding hydrogens is 352 g/mol. The van der Waals surface area contributed by atoms with Gasteiger partial charge in [-0.3, -0.25) is 9.69 Å². The van der Waals surface area contributed by atoms with Crippen molar-refractivity contribution in [2.45, 2.75) is 12.8 Å². The number of rotatable bonds is 8. The lowest BCUT2D eigenvalue weighted by Gasteiger charge is -2.21. The van der Waals surface area contributed by atoms with Crippen LogP contribution in [0.25, 0.3) is 0 Å². The Morgan fingerprint density at radius 3 is 2.58 bits per heavy atom. The number of benzene rings is 1. The van der Waals surface area contributed by atoms with Gasteiger partial charge in [-0.2, -0.15) is 0 Å². The molecule has 1 aliphatic heterocycles. The maximum atomic E-state index is 12.1. The van der Waals surface area contributed by atoms with Gasteiger partial charge >= 0.3 is 0 Å². The summed E-state index contributed by atoms with van der Waals surface area (Å²) >= 11 is 0. The van der Waals surface area contributed by atoms with Crippen molar-refractivity contribution in [1.82, 2.24) is 14.5 Å². The van der Waals surface area contributed by atoms with E-state index in [2.05, 4.69) is 22.3 Å². The van der Waals surface area contributed by atoms with Gasteiger partial charge in [0.1, 0.15) is 0 Å². The number of nitrogens with one attached hydrogen (secondary N) is 1. The average molecular weight is 383 g/mol. The van der Waals surface area contributed by atoms with E-state index in [-0.39, 0.29) is 5.91 Å². The van der Waals surface area contributed by atoms with Crippen LogP contribution in [0, 0.1) is 0 Å². The maximum absolute atomic E-state index is 12.1. The summed E-state index contributed by atoms with van der Waals surface area (Å²) in [5.74, 6) is 0.000157. The first-order valence-electron chi connectivity index (χ1n) is 9.06. The number of carbonyl (C=O) groups is 1. The number of carbonyl (C=O) groups excluding carboxylic acids is 1. The van der Waals surface area contributed by atoms with E-state index in [1.54, 1.807) is 0 Å². The van der Waals surface area contributed by atoms with Crippen LogP contribution in [0.4, 0.5) is 5.69 Å². The summed E-state index contributed by atoms with van der Waals surface area (Å²) in [6, 6.07) is 10.2. The number of hydrogen-bond donors (Lipinski definition) is 1. The zero-order valence-electron chi connectivity index (χ0n) is 15.7. The molecule has 1 N–H and O–H groups in total. The minimum Gasteiger partial charge on any atom is -0.375 e. The van der Waals surface area contributed by atoms with Crippen molar-refractivity contribution in [3.05, 3.63) is 30.3 Å². The van der Waals surface area contributed by atoms with Gasteiger partial charge in [-0.1, -0.05) is 18.2 Å². The van der Waals surface area contributed by atoms with Crippen LogP contribution in [0.15, 0.2) is 30.3 Å². The van der Waals surface area contributed by atoms with E-state index in [0.717, 1.165) is 25.9 Å². The van der Waals surface area contributed by atoms with Crippen LogP contribution in [0.3, 0.4) is 0 Å². The number of amides is 1. The van der Waals surface area contributed by atoms with Crippen LogP contribution in [0.1, 0.15) is 12.8 Å². The molecule has 1 saturated heterocycles. The minimum absolute atomic E-state index is 0.000157. The molecule has 26 heavy (non-hydrogen) atoms. The Morgan fingerprint density at radius 2 is 1.88 bits per heavy atom. The Balaban J connectivity index is 1.64. The van der Waals surface area contributed by atoms with E-state index in [9.17, 15) is 13.2 Å². The van der Waals surface area contributed by atoms with Gasteiger partial charge in [-0.05, 0) is 31.5 Å². The van der Waals surface area contributed by atoms with Crippen LogP contribution < -0.4 is 10.2 Å². The molecule has 8 heteroatoms. The summed E-state index contributed by atoms with van der Waals surface area (Å²) in [7, 11) is -1.10. The first-order chi connectivity index (χ1) is 12.4. The zero-order chi connectivity index (χ0) is 19.0. The predicted octanol–water partition coefficient (Wildman–Crippen LogP) is 0.596. The first-order valence-corrected chi connectivity index (χ1v) is 10.9. The third-order valence-corrected chi connectivity index (χ3v) is 5.88. The largest absolute Gasteiger partial charge is 0.375 e. The van der Waals surface area contributed by atoms with E-state index in [0.29, 0.717) is 32.7 Å². The lowest BCUT2D eigenvalue weighted by atomic mass is 10.3. The summed E-state index contributed by atoms with van der Waals surface area (Å²) in [5.41, 5.74) is 1.17. The van der Waals surface area contributed by atoms with Gasteiger partial charge in [0.2, 0.25) is 15.9 Å². The fourth-order valence-electron chi connectivity index (χ4n) is 3.05. The molecule has 0 aromatic heterocycles. The summed E-state index contributed by atoms with van der Waals surface area (Å²) in [4.78, 5) is 16.3. The normalized spacial score (nSPS) is 16.8. The van der Waals surface area contributed by atoms with E-state index >= 15 is 0 Å². The minimum atomic E-state index is -3.15. The van der Waals surface area contributed by atoms with Gasteiger partial charge in [0.15, 0.2) is 0 Å². The smallest absolute Gasteiger partial charge is 0.234 e. The quantitative estimate of drug-likeness (QED) is 0.667. The van der Waals surface area contributed by atoms with Crippen molar-refractivity contribution in [1.29, 1.82) is 0 Å². The zero-order valence-corrected chi connectivity index (χ0v) is 16.5. The second kappa shape index (κ2) is 9.89. The standard InChI is InChI=1S/C18H30N4O3S/c1-20(17-8-4-3-5-9-17)11-6-10-19-18(23)16-21-12-7-13-22(15-14-21)26(2,24)25/h3-5,8-9H,6-7,10-16H2,1-2H3,(H,19,23). The second-order valence-corrected chi connectivity index (χ2v) is 8.73. The number of hydrogen-bond acceptors (Lipinski definition) is 5. The molecule has 1 fully saturated rings. The third kappa shape index (κ3) is 6.93. The Labute approximate surface area is 157 Å². The predicted molar refractivity (Wildman–Crippen MR) is 105 cm³/mol. The highest BCUT2D eigenvalue weighted by Gasteiger charge is 2.22. The molecule has 7 nitrogen and oxygen atoms in total. The molecular formula is C18H30N4O3S. The van der Waals surface area contributed by atoms with Gasteiger partial charge < -0.3 is 10.2 Å². The van der Waals surface area contributed by atoms with Crippen LogP contribution in [-0.2, 0) is 14.8 Å². The molecule has 1 aliphatic rings. The number of anilines is 1. The molecule has 0 saturated carbocycles. The lowest BCUT2D eigenvalue weighted by Crippen LogP contribution is -2.40. The van der Waals surface area contributed by atoms with Crippen molar-refractivity contribution in [2.75, 3.05) is 64.0 Å². The average Bonchev–Trinajstić information content (AvgIpc) is 2.85. The molecule has 0 spiro atoms. The highest BCUT2D eigenvalue weighted by Crippen LogP contribution is 2.10. The highest BCUT2D eigenvalue weighted by atomic mass is 32.2. The summed E-state index contributed by atoms with van der Waals surface area (Å²) in [5, 5.41) is 2.96. The van der Waals surface area contributed by atoms with Gasteiger partial charge in [-0.15, -0.1) is 0 Å². The van der Waals surface area contributed by atoms with E-state index in [1.807, 2.05) is 30.1 Å². The molecule has 0 atom stereocenters. The highest BCUT2D eigenvalue weighted by molar-refractivity contribution is 7.88. The van der Waals surface area contributed by atoms with Gasteiger partial charge in [0, 0.05) is 45.5 Å². The Bertz CT molecular complexity index is 666. The van der Waals surface area contributed by atoms with E-state index < -0.39 is 10.0 Å². The Morgan fingerprint density at radius 1 is 1.15 bits per heavy atom. The Hall–Kier alpha value is -1.64. The molecule has 0 aliphatic carbocycles. The van der Waals surface area contributed by atoms with Crippen molar-refractivity contribution in [3.63, 3.8) is 0 Å². The van der Waals surface area contributed by atoms with Crippen LogP contribution >= 0.6 is 0 Å². The first kappa shape index (κ1) is 20.7. The fraction of sp³-hybridized carbons (Fsp3) is 0.611. The molecule has 1 aromatic rings.